The molecule has 0 unspecified atom stereocenters. The van der Waals surface area contributed by atoms with E-state index in [2.05, 4.69) is 5.10 Å². The molecule has 0 aliphatic carbocycles. The maximum absolute atomic E-state index is 12.6. The van der Waals surface area contributed by atoms with Gasteiger partial charge < -0.3 is 4.18 Å². The molecule has 0 saturated carbocycles. The van der Waals surface area contributed by atoms with Gasteiger partial charge in [-0.2, -0.15) is 18.2 Å². The topological polar surface area (TPSA) is 104 Å². The van der Waals surface area contributed by atoms with Gasteiger partial charge in [0.2, 0.25) is 5.88 Å². The highest BCUT2D eigenvalue weighted by Gasteiger charge is 2.25. The third kappa shape index (κ3) is 5.00. The summed E-state index contributed by atoms with van der Waals surface area (Å²) >= 11 is 0. The van der Waals surface area contributed by atoms with Crippen molar-refractivity contribution in [3.63, 3.8) is 0 Å². The van der Waals surface area contributed by atoms with Crippen molar-refractivity contribution in [3.8, 4) is 11.6 Å². The predicted octanol–water partition coefficient (Wildman–Crippen LogP) is 3.99. The number of rotatable bonds is 6. The van der Waals surface area contributed by atoms with Gasteiger partial charge in [0.25, 0.3) is 5.69 Å². The summed E-state index contributed by atoms with van der Waals surface area (Å²) in [4.78, 5) is 10.4. The monoisotopic (exact) mass is 415 g/mol. The van der Waals surface area contributed by atoms with E-state index in [0.717, 1.165) is 0 Å². The molecule has 9 heteroatoms. The van der Waals surface area contributed by atoms with E-state index in [1.54, 1.807) is 36.4 Å². The number of nitro benzene ring substituents is 1. The lowest BCUT2D eigenvalue weighted by Gasteiger charge is -2.13. The van der Waals surface area contributed by atoms with Crippen molar-refractivity contribution in [1.82, 2.24) is 9.78 Å². The molecule has 1 heterocycles. The molecule has 3 aromatic rings. The standard InChI is InChI=1S/C20H21N3O5S/c1-20(2,3)18-13-19(28-29(26,27)14-15-7-5-4-6-8-15)22(21-18)16-9-11-17(12-10-16)23(24)25/h4-13H,14H2,1-3H3. The highest BCUT2D eigenvalue weighted by molar-refractivity contribution is 7.86. The number of non-ortho nitro benzene ring substituents is 1. The van der Waals surface area contributed by atoms with Gasteiger partial charge in [0.1, 0.15) is 5.75 Å². The molecule has 0 aliphatic heterocycles. The van der Waals surface area contributed by atoms with Gasteiger partial charge in [-0.1, -0.05) is 51.1 Å². The number of benzene rings is 2. The largest absolute Gasteiger partial charge is 0.361 e. The normalized spacial score (nSPS) is 12.0. The van der Waals surface area contributed by atoms with Crippen LogP contribution in [0.2, 0.25) is 0 Å². The average Bonchev–Trinajstić information content (AvgIpc) is 3.05. The first-order valence-corrected chi connectivity index (χ1v) is 10.4. The minimum absolute atomic E-state index is 0.0275. The molecule has 0 atom stereocenters. The van der Waals surface area contributed by atoms with E-state index in [1.807, 2.05) is 20.8 Å². The molecule has 152 valence electrons. The predicted molar refractivity (Wildman–Crippen MR) is 109 cm³/mol. The quantitative estimate of drug-likeness (QED) is 0.342. The Balaban J connectivity index is 1.98. The number of hydrogen-bond acceptors (Lipinski definition) is 6. The number of nitro groups is 1. The van der Waals surface area contributed by atoms with Gasteiger partial charge in [-0.15, -0.1) is 0 Å². The van der Waals surface area contributed by atoms with Crippen molar-refractivity contribution >= 4 is 15.8 Å². The van der Waals surface area contributed by atoms with E-state index in [9.17, 15) is 18.5 Å². The molecule has 0 radical (unpaired) electrons. The van der Waals surface area contributed by atoms with E-state index < -0.39 is 15.0 Å². The van der Waals surface area contributed by atoms with Gasteiger partial charge in [0.05, 0.1) is 16.3 Å². The van der Waals surface area contributed by atoms with E-state index in [-0.39, 0.29) is 22.7 Å². The fourth-order valence-electron chi connectivity index (χ4n) is 2.63. The van der Waals surface area contributed by atoms with Crippen LogP contribution in [-0.2, 0) is 21.3 Å². The van der Waals surface area contributed by atoms with E-state index in [1.165, 1.54) is 28.9 Å². The van der Waals surface area contributed by atoms with Crippen LogP contribution in [0.3, 0.4) is 0 Å². The van der Waals surface area contributed by atoms with Crippen molar-refractivity contribution in [2.45, 2.75) is 31.9 Å². The summed E-state index contributed by atoms with van der Waals surface area (Å²) in [6.07, 6.45) is 0. The van der Waals surface area contributed by atoms with Crippen molar-refractivity contribution in [3.05, 3.63) is 82.0 Å². The van der Waals surface area contributed by atoms with Crippen molar-refractivity contribution in [2.75, 3.05) is 0 Å². The molecule has 0 fully saturated rings. The Labute approximate surface area is 169 Å². The van der Waals surface area contributed by atoms with Crippen LogP contribution in [0.25, 0.3) is 5.69 Å². The van der Waals surface area contributed by atoms with Crippen molar-refractivity contribution in [1.29, 1.82) is 0 Å². The maximum Gasteiger partial charge on any atom is 0.314 e. The van der Waals surface area contributed by atoms with Crippen LogP contribution in [0.5, 0.6) is 5.88 Å². The first-order chi connectivity index (χ1) is 13.5. The van der Waals surface area contributed by atoms with Crippen LogP contribution in [-0.4, -0.2) is 23.1 Å². The zero-order valence-corrected chi connectivity index (χ0v) is 17.1. The van der Waals surface area contributed by atoms with E-state index in [4.69, 9.17) is 4.18 Å². The van der Waals surface area contributed by atoms with Crippen LogP contribution in [0.4, 0.5) is 5.69 Å². The zero-order valence-electron chi connectivity index (χ0n) is 16.3. The summed E-state index contributed by atoms with van der Waals surface area (Å²) in [5, 5.41) is 15.4. The number of nitrogens with zero attached hydrogens (tertiary/aromatic N) is 3. The summed E-state index contributed by atoms with van der Waals surface area (Å²) in [5.41, 5.74) is 1.26. The molecule has 0 bridgehead atoms. The van der Waals surface area contributed by atoms with Gasteiger partial charge in [0, 0.05) is 23.6 Å². The lowest BCUT2D eigenvalue weighted by atomic mass is 9.93. The fourth-order valence-corrected chi connectivity index (χ4v) is 3.67. The van der Waals surface area contributed by atoms with Gasteiger partial charge in [-0.3, -0.25) is 10.1 Å². The zero-order chi connectivity index (χ0) is 21.2. The highest BCUT2D eigenvalue weighted by Crippen LogP contribution is 2.29. The Bertz CT molecular complexity index is 1120. The first-order valence-electron chi connectivity index (χ1n) is 8.87. The summed E-state index contributed by atoms with van der Waals surface area (Å²) in [7, 11) is -3.94. The van der Waals surface area contributed by atoms with Crippen LogP contribution in [0.15, 0.2) is 60.7 Å². The third-order valence-electron chi connectivity index (χ3n) is 4.15. The van der Waals surface area contributed by atoms with E-state index >= 15 is 0 Å². The Morgan fingerprint density at radius 3 is 2.24 bits per heavy atom. The van der Waals surface area contributed by atoms with Crippen LogP contribution in [0, 0.1) is 10.1 Å². The fraction of sp³-hybridized carbons (Fsp3) is 0.250. The molecule has 1 aromatic heterocycles. The van der Waals surface area contributed by atoms with E-state index in [0.29, 0.717) is 16.9 Å². The van der Waals surface area contributed by atoms with Gasteiger partial charge in [-0.05, 0) is 17.7 Å². The summed E-state index contributed by atoms with van der Waals surface area (Å²) in [6.45, 7) is 5.83. The van der Waals surface area contributed by atoms with Gasteiger partial charge >= 0.3 is 10.1 Å². The molecule has 0 saturated heterocycles. The molecule has 0 spiro atoms. The lowest BCUT2D eigenvalue weighted by Crippen LogP contribution is -2.14. The van der Waals surface area contributed by atoms with Crippen molar-refractivity contribution in [2.24, 2.45) is 0 Å². The first kappa shape index (κ1) is 20.5. The third-order valence-corrected chi connectivity index (χ3v) is 5.26. The highest BCUT2D eigenvalue weighted by atomic mass is 32.2. The smallest absolute Gasteiger partial charge is 0.314 e. The molecule has 0 aliphatic rings. The van der Waals surface area contributed by atoms with Crippen LogP contribution >= 0.6 is 0 Å². The van der Waals surface area contributed by atoms with Crippen molar-refractivity contribution < 1.29 is 17.5 Å². The Hall–Kier alpha value is -3.20. The molecule has 0 N–H and O–H groups in total. The molecular formula is C20H21N3O5S. The molecular weight excluding hydrogens is 394 g/mol. The summed E-state index contributed by atoms with van der Waals surface area (Å²) < 4.78 is 31.9. The Kier molecular flexibility index (Phi) is 5.43. The second kappa shape index (κ2) is 7.67. The minimum atomic E-state index is -3.94. The maximum atomic E-state index is 12.6. The Morgan fingerprint density at radius 1 is 1.07 bits per heavy atom. The molecule has 3 rings (SSSR count). The lowest BCUT2D eigenvalue weighted by molar-refractivity contribution is -0.384. The van der Waals surface area contributed by atoms with Crippen LogP contribution in [0.1, 0.15) is 32.0 Å². The number of aromatic nitrogens is 2. The molecule has 8 nitrogen and oxygen atoms in total. The second-order valence-corrected chi connectivity index (χ2v) is 9.14. The number of hydrogen-bond donors (Lipinski definition) is 0. The van der Waals surface area contributed by atoms with Gasteiger partial charge in [-0.25, -0.2) is 0 Å². The molecule has 29 heavy (non-hydrogen) atoms. The molecule has 0 amide bonds. The average molecular weight is 415 g/mol. The molecule has 2 aromatic carbocycles. The summed E-state index contributed by atoms with van der Waals surface area (Å²) in [5.74, 6) is -0.260. The Morgan fingerprint density at radius 2 is 1.69 bits per heavy atom. The summed E-state index contributed by atoms with van der Waals surface area (Å²) in [6, 6.07) is 15.9. The van der Waals surface area contributed by atoms with Gasteiger partial charge in [0.15, 0.2) is 0 Å². The SMILES string of the molecule is CC(C)(C)c1cc(OS(=O)(=O)Cc2ccccc2)n(-c2ccc([N+](=O)[O-])cc2)n1. The van der Waals surface area contributed by atoms with Crippen LogP contribution < -0.4 is 4.18 Å². The second-order valence-electron chi connectivity index (χ2n) is 7.57. The minimum Gasteiger partial charge on any atom is -0.361 e.